The van der Waals surface area contributed by atoms with Crippen LogP contribution in [-0.2, 0) is 4.79 Å². The van der Waals surface area contributed by atoms with Gasteiger partial charge in [0.2, 0.25) is 5.91 Å². The maximum Gasteiger partial charge on any atom is 0.234 e. The van der Waals surface area contributed by atoms with Gasteiger partial charge in [0.05, 0.1) is 5.75 Å². The standard InChI is InChI=1S/C17H22N2O3S2/c1-12-4-6-19(7-5-12)17(23)24-11-16(20)18-13-2-3-14-15(10-13)22-9-8-21-14/h2-3,10,12H,4-9,11H2,1H3,(H,18,20). The molecule has 1 N–H and O–H groups in total. The lowest BCUT2D eigenvalue weighted by Gasteiger charge is -2.31. The van der Waals surface area contributed by atoms with E-state index >= 15 is 0 Å². The number of ether oxygens (including phenoxy) is 2. The van der Waals surface area contributed by atoms with Gasteiger partial charge in [-0.25, -0.2) is 0 Å². The molecule has 1 amide bonds. The zero-order chi connectivity index (χ0) is 16.9. The third kappa shape index (κ3) is 4.54. The van der Waals surface area contributed by atoms with Crippen molar-refractivity contribution in [3.63, 3.8) is 0 Å². The number of likely N-dealkylation sites (tertiary alicyclic amines) is 1. The second-order valence-electron chi connectivity index (χ2n) is 6.13. The summed E-state index contributed by atoms with van der Waals surface area (Å²) < 4.78 is 11.8. The summed E-state index contributed by atoms with van der Waals surface area (Å²) in [4.78, 5) is 14.3. The Morgan fingerprint density at radius 1 is 1.29 bits per heavy atom. The van der Waals surface area contributed by atoms with Gasteiger partial charge in [0.25, 0.3) is 0 Å². The van der Waals surface area contributed by atoms with E-state index < -0.39 is 0 Å². The van der Waals surface area contributed by atoms with Gasteiger partial charge in [0, 0.05) is 24.8 Å². The number of carbonyl (C=O) groups excluding carboxylic acids is 1. The van der Waals surface area contributed by atoms with Crippen LogP contribution in [-0.4, -0.2) is 47.2 Å². The first-order chi connectivity index (χ1) is 11.6. The molecule has 0 aliphatic carbocycles. The number of nitrogens with one attached hydrogen (secondary N) is 1. The normalized spacial score (nSPS) is 17.5. The fraction of sp³-hybridized carbons (Fsp3) is 0.529. The molecule has 0 bridgehead atoms. The third-order valence-corrected chi connectivity index (χ3v) is 5.72. The van der Waals surface area contributed by atoms with Gasteiger partial charge < -0.3 is 19.7 Å². The Morgan fingerprint density at radius 2 is 2.00 bits per heavy atom. The smallest absolute Gasteiger partial charge is 0.234 e. The first kappa shape index (κ1) is 17.4. The number of rotatable bonds is 3. The van der Waals surface area contributed by atoms with Crippen LogP contribution in [0.4, 0.5) is 5.69 Å². The number of thioether (sulfide) groups is 1. The predicted molar refractivity (Wildman–Crippen MR) is 101 cm³/mol. The molecular weight excluding hydrogens is 344 g/mol. The summed E-state index contributed by atoms with van der Waals surface area (Å²) in [6.45, 7) is 5.35. The molecule has 1 fully saturated rings. The van der Waals surface area contributed by atoms with Gasteiger partial charge in [0.1, 0.15) is 17.5 Å². The number of hydrogen-bond donors (Lipinski definition) is 1. The number of benzene rings is 1. The van der Waals surface area contributed by atoms with Crippen LogP contribution in [0, 0.1) is 5.92 Å². The maximum atomic E-state index is 12.1. The Morgan fingerprint density at radius 3 is 2.75 bits per heavy atom. The van der Waals surface area contributed by atoms with E-state index in [1.54, 1.807) is 6.07 Å². The summed E-state index contributed by atoms with van der Waals surface area (Å²) in [5, 5.41) is 2.88. The van der Waals surface area contributed by atoms with Crippen LogP contribution in [0.1, 0.15) is 19.8 Å². The van der Waals surface area contributed by atoms with Crippen LogP contribution in [0.3, 0.4) is 0 Å². The zero-order valence-corrected chi connectivity index (χ0v) is 15.4. The van der Waals surface area contributed by atoms with Crippen molar-refractivity contribution in [2.24, 2.45) is 5.92 Å². The van der Waals surface area contributed by atoms with Crippen LogP contribution in [0.15, 0.2) is 18.2 Å². The van der Waals surface area contributed by atoms with Crippen LogP contribution in [0.5, 0.6) is 11.5 Å². The highest BCUT2D eigenvalue weighted by atomic mass is 32.2. The molecule has 5 nitrogen and oxygen atoms in total. The molecule has 7 heteroatoms. The van der Waals surface area contributed by atoms with Crippen molar-refractivity contribution in [3.8, 4) is 11.5 Å². The molecule has 24 heavy (non-hydrogen) atoms. The lowest BCUT2D eigenvalue weighted by molar-refractivity contribution is -0.113. The predicted octanol–water partition coefficient (Wildman–Crippen LogP) is 3.15. The number of nitrogens with zero attached hydrogens (tertiary/aromatic N) is 1. The van der Waals surface area contributed by atoms with Crippen molar-refractivity contribution >= 4 is 39.9 Å². The summed E-state index contributed by atoms with van der Waals surface area (Å²) in [7, 11) is 0. The van der Waals surface area contributed by atoms with Crippen LogP contribution in [0.2, 0.25) is 0 Å². The molecule has 2 aliphatic heterocycles. The molecule has 2 heterocycles. The number of piperidine rings is 1. The number of fused-ring (bicyclic) bond motifs is 1. The van der Waals surface area contributed by atoms with Gasteiger partial charge in [-0.05, 0) is 30.9 Å². The Kier molecular flexibility index (Phi) is 5.84. The third-order valence-electron chi connectivity index (χ3n) is 4.19. The van der Waals surface area contributed by atoms with Gasteiger partial charge in [-0.2, -0.15) is 0 Å². The average Bonchev–Trinajstić information content (AvgIpc) is 2.60. The second kappa shape index (κ2) is 8.07. The summed E-state index contributed by atoms with van der Waals surface area (Å²) in [6.07, 6.45) is 2.34. The summed E-state index contributed by atoms with van der Waals surface area (Å²) >= 11 is 6.88. The minimum absolute atomic E-state index is 0.0654. The molecule has 1 aromatic carbocycles. The average molecular weight is 367 g/mol. The van der Waals surface area contributed by atoms with Crippen molar-refractivity contribution in [1.29, 1.82) is 0 Å². The summed E-state index contributed by atoms with van der Waals surface area (Å²) in [5.74, 6) is 2.41. The first-order valence-electron chi connectivity index (χ1n) is 8.23. The number of carbonyl (C=O) groups is 1. The van der Waals surface area contributed by atoms with E-state index in [2.05, 4.69) is 17.1 Å². The Bertz CT molecular complexity index is 616. The Hall–Kier alpha value is -1.47. The maximum absolute atomic E-state index is 12.1. The van der Waals surface area contributed by atoms with E-state index in [9.17, 15) is 4.79 Å². The van der Waals surface area contributed by atoms with E-state index in [1.807, 2.05) is 12.1 Å². The molecule has 0 radical (unpaired) electrons. The van der Waals surface area contributed by atoms with E-state index in [4.69, 9.17) is 21.7 Å². The topological polar surface area (TPSA) is 50.8 Å². The first-order valence-corrected chi connectivity index (χ1v) is 9.62. The summed E-state index contributed by atoms with van der Waals surface area (Å²) in [6, 6.07) is 5.43. The van der Waals surface area contributed by atoms with Gasteiger partial charge in [-0.1, -0.05) is 30.9 Å². The van der Waals surface area contributed by atoms with Gasteiger partial charge >= 0.3 is 0 Å². The number of amides is 1. The van der Waals surface area contributed by atoms with Crippen LogP contribution >= 0.6 is 24.0 Å². The molecule has 130 valence electrons. The van der Waals surface area contributed by atoms with E-state index in [1.165, 1.54) is 24.6 Å². The minimum atomic E-state index is -0.0654. The van der Waals surface area contributed by atoms with Crippen LogP contribution < -0.4 is 14.8 Å². The van der Waals surface area contributed by atoms with E-state index in [0.29, 0.717) is 36.2 Å². The molecule has 3 rings (SSSR count). The molecule has 1 saturated heterocycles. The SMILES string of the molecule is CC1CCN(C(=S)SCC(=O)Nc2ccc3c(c2)OCCO3)CC1. The molecule has 2 aliphatic rings. The molecule has 0 unspecified atom stereocenters. The lowest BCUT2D eigenvalue weighted by atomic mass is 10.00. The fourth-order valence-electron chi connectivity index (χ4n) is 2.73. The lowest BCUT2D eigenvalue weighted by Crippen LogP contribution is -2.36. The zero-order valence-electron chi connectivity index (χ0n) is 13.7. The molecule has 1 aromatic rings. The highest BCUT2D eigenvalue weighted by molar-refractivity contribution is 8.23. The number of thiocarbonyl (C=S) groups is 1. The Labute approximate surface area is 152 Å². The van der Waals surface area contributed by atoms with Gasteiger partial charge in [-0.15, -0.1) is 0 Å². The quantitative estimate of drug-likeness (QED) is 0.830. The minimum Gasteiger partial charge on any atom is -0.486 e. The highest BCUT2D eigenvalue weighted by Gasteiger charge is 2.19. The largest absolute Gasteiger partial charge is 0.486 e. The molecule has 0 aromatic heterocycles. The molecule has 0 spiro atoms. The Balaban J connectivity index is 1.46. The van der Waals surface area contributed by atoms with Crippen molar-refractivity contribution in [3.05, 3.63) is 18.2 Å². The fourth-order valence-corrected chi connectivity index (χ4v) is 3.78. The van der Waals surface area contributed by atoms with Gasteiger partial charge in [-0.3, -0.25) is 4.79 Å². The van der Waals surface area contributed by atoms with Crippen molar-refractivity contribution in [2.75, 3.05) is 37.4 Å². The monoisotopic (exact) mass is 366 g/mol. The van der Waals surface area contributed by atoms with Crippen molar-refractivity contribution in [2.45, 2.75) is 19.8 Å². The number of anilines is 1. The van der Waals surface area contributed by atoms with E-state index in [-0.39, 0.29) is 5.91 Å². The molecular formula is C17H22N2O3S2. The number of hydrogen-bond acceptors (Lipinski definition) is 5. The van der Waals surface area contributed by atoms with Gasteiger partial charge in [0.15, 0.2) is 11.5 Å². The summed E-state index contributed by atoms with van der Waals surface area (Å²) in [5.41, 5.74) is 0.711. The van der Waals surface area contributed by atoms with Crippen LogP contribution in [0.25, 0.3) is 0 Å². The molecule has 0 atom stereocenters. The van der Waals surface area contributed by atoms with Crippen molar-refractivity contribution < 1.29 is 14.3 Å². The highest BCUT2D eigenvalue weighted by Crippen LogP contribution is 2.32. The second-order valence-corrected chi connectivity index (χ2v) is 7.74. The molecule has 0 saturated carbocycles. The van der Waals surface area contributed by atoms with Crippen molar-refractivity contribution in [1.82, 2.24) is 4.90 Å². The van der Waals surface area contributed by atoms with E-state index in [0.717, 1.165) is 23.3 Å².